The fourth-order valence-corrected chi connectivity index (χ4v) is 0.250. The maximum atomic E-state index is 2.12. The highest BCUT2D eigenvalue weighted by Crippen LogP contribution is 2.15. The summed E-state index contributed by atoms with van der Waals surface area (Å²) in [5.41, 5.74) is 0. The molecule has 0 aliphatic heterocycles. The van der Waals surface area contributed by atoms with E-state index in [2.05, 4.69) is 13.8 Å². The Bertz CT molecular complexity index is 15.2. The van der Waals surface area contributed by atoms with Crippen LogP contribution in [0.2, 0.25) is 0 Å². The van der Waals surface area contributed by atoms with Crippen molar-refractivity contribution in [2.24, 2.45) is 0 Å². The zero-order valence-corrected chi connectivity index (χ0v) is 7.54. The summed E-state index contributed by atoms with van der Waals surface area (Å²) in [6, 6.07) is 0. The Morgan fingerprint density at radius 1 is 0.800 bits per heavy atom. The fourth-order valence-electron chi connectivity index (χ4n) is 0.250. The van der Waals surface area contributed by atoms with Crippen molar-refractivity contribution in [3.8, 4) is 0 Å². The van der Waals surface area contributed by atoms with Crippen LogP contribution >= 0.6 is 0 Å². The van der Waals surface area contributed by atoms with Crippen molar-refractivity contribution in [1.29, 1.82) is 0 Å². The van der Waals surface area contributed by atoms with E-state index in [1.165, 1.54) is 32.1 Å². The molecule has 0 heteroatoms. The number of hydrogen-bond donors (Lipinski definition) is 0. The molecule has 0 spiro atoms. The van der Waals surface area contributed by atoms with E-state index in [-0.39, 0.29) is 7.43 Å². The molecule has 1 saturated carbocycles. The molecule has 0 unspecified atom stereocenters. The Hall–Kier alpha value is 0. The summed E-state index contributed by atoms with van der Waals surface area (Å²) in [4.78, 5) is 0. The van der Waals surface area contributed by atoms with Crippen LogP contribution in [0.5, 0.6) is 0 Å². The molecule has 0 aromatic heterocycles. The topological polar surface area (TPSA) is 0 Å². The first-order valence-electron chi connectivity index (χ1n) is 4.41. The summed E-state index contributed by atoms with van der Waals surface area (Å²) in [5.74, 6) is 0. The van der Waals surface area contributed by atoms with E-state index in [9.17, 15) is 0 Å². The highest BCUT2D eigenvalue weighted by Gasteiger charge is 1.95. The lowest BCUT2D eigenvalue weighted by Crippen LogP contribution is -1.85. The van der Waals surface area contributed by atoms with Crippen molar-refractivity contribution in [2.75, 3.05) is 0 Å². The van der Waals surface area contributed by atoms with E-state index < -0.39 is 0 Å². The molecular formula is C10H26. The van der Waals surface area contributed by atoms with E-state index in [0.29, 0.717) is 0 Å². The quantitative estimate of drug-likeness (QED) is 0.467. The van der Waals surface area contributed by atoms with E-state index in [1.54, 1.807) is 0 Å². The second-order valence-corrected chi connectivity index (χ2v) is 2.12. The van der Waals surface area contributed by atoms with Crippen molar-refractivity contribution in [3.05, 3.63) is 0 Å². The Morgan fingerprint density at radius 3 is 0.900 bits per heavy atom. The second-order valence-electron chi connectivity index (χ2n) is 2.12. The molecule has 0 atom stereocenters. The lowest BCUT2D eigenvalue weighted by atomic mass is 10.0. The van der Waals surface area contributed by atoms with E-state index in [0.717, 1.165) is 0 Å². The van der Waals surface area contributed by atoms with Gasteiger partial charge in [0.05, 0.1) is 0 Å². The average molecular weight is 146 g/mol. The van der Waals surface area contributed by atoms with Crippen LogP contribution in [0.1, 0.15) is 67.2 Å². The van der Waals surface area contributed by atoms with Gasteiger partial charge in [-0.05, 0) is 0 Å². The summed E-state index contributed by atoms with van der Waals surface area (Å²) in [6.07, 6.45) is 7.25. The van der Waals surface area contributed by atoms with Crippen LogP contribution in [0.3, 0.4) is 0 Å². The van der Waals surface area contributed by atoms with Gasteiger partial charge in [0.15, 0.2) is 0 Å². The Labute approximate surface area is 68.0 Å². The Kier molecular flexibility index (Phi) is 38.1. The first-order valence-corrected chi connectivity index (χ1v) is 4.41. The first kappa shape index (κ1) is 16.5. The third-order valence-electron chi connectivity index (χ3n) is 1.000. The lowest BCUT2D eigenvalue weighted by Gasteiger charge is -2.05. The SMILES string of the molecule is C.C1CCC1.CC.CCC. The molecule has 0 nitrogen and oxygen atoms in total. The molecule has 1 fully saturated rings. The normalized spacial score (nSPS) is 12.0. The van der Waals surface area contributed by atoms with Gasteiger partial charge >= 0.3 is 0 Å². The van der Waals surface area contributed by atoms with Crippen molar-refractivity contribution in [1.82, 2.24) is 0 Å². The van der Waals surface area contributed by atoms with Gasteiger partial charge in [-0.25, -0.2) is 0 Å². The predicted molar refractivity (Wildman–Crippen MR) is 52.5 cm³/mol. The molecule has 66 valence electrons. The van der Waals surface area contributed by atoms with Crippen molar-refractivity contribution >= 4 is 0 Å². The number of hydrogen-bond acceptors (Lipinski definition) is 0. The summed E-state index contributed by atoms with van der Waals surface area (Å²) < 4.78 is 0. The average Bonchev–Trinajstić information content (AvgIpc) is 1.68. The van der Waals surface area contributed by atoms with Crippen LogP contribution < -0.4 is 0 Å². The molecule has 0 radical (unpaired) electrons. The molecule has 0 amide bonds. The zero-order chi connectivity index (χ0) is 7.54. The van der Waals surface area contributed by atoms with E-state index in [4.69, 9.17) is 0 Å². The first-order chi connectivity index (χ1) is 4.41. The minimum Gasteiger partial charge on any atom is -0.0776 e. The standard InChI is InChI=1S/C4H8.C3H8.C2H6.CH4/c1-2-4-3-1;1-3-2;1-2;/h1-4H2;3H2,1-2H3;1-2H3;1H4. The molecule has 0 saturated heterocycles. The van der Waals surface area contributed by atoms with Crippen LogP contribution in [0.4, 0.5) is 0 Å². The smallest absolute Gasteiger partial charge is 0.0533 e. The summed E-state index contributed by atoms with van der Waals surface area (Å²) >= 11 is 0. The van der Waals surface area contributed by atoms with Crippen LogP contribution in [0.15, 0.2) is 0 Å². The fraction of sp³-hybridized carbons (Fsp3) is 1.00. The zero-order valence-electron chi connectivity index (χ0n) is 7.54. The van der Waals surface area contributed by atoms with Gasteiger partial charge in [-0.2, -0.15) is 0 Å². The molecule has 0 aromatic carbocycles. The van der Waals surface area contributed by atoms with E-state index in [1.807, 2.05) is 13.8 Å². The third-order valence-corrected chi connectivity index (χ3v) is 1.000. The largest absolute Gasteiger partial charge is 0.0776 e. The van der Waals surface area contributed by atoms with Crippen molar-refractivity contribution in [3.63, 3.8) is 0 Å². The molecule has 1 rings (SSSR count). The van der Waals surface area contributed by atoms with E-state index >= 15 is 0 Å². The van der Waals surface area contributed by atoms with Gasteiger partial charge in [0.1, 0.15) is 0 Å². The van der Waals surface area contributed by atoms with Crippen LogP contribution in [-0.4, -0.2) is 0 Å². The molecule has 1 aliphatic carbocycles. The van der Waals surface area contributed by atoms with Gasteiger partial charge in [-0.15, -0.1) is 0 Å². The summed E-state index contributed by atoms with van der Waals surface area (Å²) in [6.45, 7) is 8.25. The van der Waals surface area contributed by atoms with Gasteiger partial charge in [0.25, 0.3) is 0 Å². The summed E-state index contributed by atoms with van der Waals surface area (Å²) in [5, 5.41) is 0. The second kappa shape index (κ2) is 23.0. The van der Waals surface area contributed by atoms with Gasteiger partial charge in [0.2, 0.25) is 0 Å². The molecule has 0 aromatic rings. The molecule has 10 heavy (non-hydrogen) atoms. The number of rotatable bonds is 0. The summed E-state index contributed by atoms with van der Waals surface area (Å²) in [7, 11) is 0. The molecule has 0 bridgehead atoms. The van der Waals surface area contributed by atoms with Crippen LogP contribution in [0.25, 0.3) is 0 Å². The highest BCUT2D eigenvalue weighted by atomic mass is 14.0. The van der Waals surface area contributed by atoms with Crippen LogP contribution in [0, 0.1) is 0 Å². The lowest BCUT2D eigenvalue weighted by molar-refractivity contribution is 0.504. The predicted octanol–water partition coefficient (Wildman–Crippen LogP) is 4.64. The maximum Gasteiger partial charge on any atom is -0.0533 e. The molecular weight excluding hydrogens is 120 g/mol. The minimum atomic E-state index is 0. The maximum absolute atomic E-state index is 2.12. The molecule has 0 heterocycles. The van der Waals surface area contributed by atoms with Gasteiger partial charge in [-0.1, -0.05) is 67.2 Å². The van der Waals surface area contributed by atoms with Gasteiger partial charge in [0, 0.05) is 0 Å². The molecule has 0 N–H and O–H groups in total. The van der Waals surface area contributed by atoms with Crippen molar-refractivity contribution in [2.45, 2.75) is 67.2 Å². The Balaban J connectivity index is -0.0000000754. The van der Waals surface area contributed by atoms with Crippen LogP contribution in [-0.2, 0) is 0 Å². The highest BCUT2D eigenvalue weighted by molar-refractivity contribution is 4.50. The van der Waals surface area contributed by atoms with Gasteiger partial charge < -0.3 is 0 Å². The Morgan fingerprint density at radius 2 is 0.900 bits per heavy atom. The molecule has 1 aliphatic rings. The minimum absolute atomic E-state index is 0. The van der Waals surface area contributed by atoms with Gasteiger partial charge in [-0.3, -0.25) is 0 Å². The van der Waals surface area contributed by atoms with Crippen molar-refractivity contribution < 1.29 is 0 Å². The third kappa shape index (κ3) is 24.5. The monoisotopic (exact) mass is 146 g/mol.